The van der Waals surface area contributed by atoms with Gasteiger partial charge in [-0.3, -0.25) is 4.98 Å². The van der Waals surface area contributed by atoms with Crippen LogP contribution in [0.5, 0.6) is 5.88 Å². The van der Waals surface area contributed by atoms with Gasteiger partial charge in [-0.25, -0.2) is 4.98 Å². The van der Waals surface area contributed by atoms with Gasteiger partial charge in [0.2, 0.25) is 5.88 Å². The molecule has 0 aliphatic carbocycles. The highest BCUT2D eigenvalue weighted by atomic mass is 16.5. The Labute approximate surface area is 101 Å². The first-order chi connectivity index (χ1) is 8.33. The Balaban J connectivity index is 2.34. The first kappa shape index (κ1) is 11.5. The highest BCUT2D eigenvalue weighted by Gasteiger charge is 2.02. The highest BCUT2D eigenvalue weighted by molar-refractivity contribution is 5.63. The number of aromatic nitrogens is 2. The summed E-state index contributed by atoms with van der Waals surface area (Å²) in [5.74, 6) is 0.613. The zero-order valence-electron chi connectivity index (χ0n) is 9.97. The van der Waals surface area contributed by atoms with Gasteiger partial charge in [0.25, 0.3) is 0 Å². The van der Waals surface area contributed by atoms with Crippen LogP contribution >= 0.6 is 0 Å². The van der Waals surface area contributed by atoms with Gasteiger partial charge in [-0.05, 0) is 30.3 Å². The van der Waals surface area contributed by atoms with E-state index in [4.69, 9.17) is 4.74 Å². The van der Waals surface area contributed by atoms with Gasteiger partial charge >= 0.3 is 0 Å². The predicted molar refractivity (Wildman–Crippen MR) is 66.8 cm³/mol. The number of hydrogen-bond acceptors (Lipinski definition) is 4. The molecule has 0 atom stereocenters. The molecule has 0 fully saturated rings. The van der Waals surface area contributed by atoms with E-state index in [2.05, 4.69) is 21.4 Å². The van der Waals surface area contributed by atoms with Crippen molar-refractivity contribution in [3.05, 3.63) is 42.4 Å². The topological polar surface area (TPSA) is 47.0 Å². The second-order valence-corrected chi connectivity index (χ2v) is 3.70. The standard InChI is InChI=1S/C13H15N3O/c1-14-7-10-5-12(9-15-8-10)11-3-4-16-13(6-11)17-2/h3-6,8-9,14H,7H2,1-2H3. The fourth-order valence-electron chi connectivity index (χ4n) is 1.65. The minimum Gasteiger partial charge on any atom is -0.481 e. The summed E-state index contributed by atoms with van der Waals surface area (Å²) in [6.45, 7) is 0.809. The Morgan fingerprint density at radius 2 is 2.12 bits per heavy atom. The highest BCUT2D eigenvalue weighted by Crippen LogP contribution is 2.21. The van der Waals surface area contributed by atoms with E-state index in [1.807, 2.05) is 31.6 Å². The van der Waals surface area contributed by atoms with Crippen molar-refractivity contribution in [3.8, 4) is 17.0 Å². The SMILES string of the molecule is CNCc1cncc(-c2ccnc(OC)c2)c1. The molecular weight excluding hydrogens is 214 g/mol. The van der Waals surface area contributed by atoms with E-state index in [-0.39, 0.29) is 0 Å². The van der Waals surface area contributed by atoms with E-state index in [0.29, 0.717) is 5.88 Å². The second-order valence-electron chi connectivity index (χ2n) is 3.70. The van der Waals surface area contributed by atoms with Gasteiger partial charge in [-0.15, -0.1) is 0 Å². The number of nitrogens with zero attached hydrogens (tertiary/aromatic N) is 2. The van der Waals surface area contributed by atoms with Crippen molar-refractivity contribution in [1.82, 2.24) is 15.3 Å². The molecule has 0 aromatic carbocycles. The summed E-state index contributed by atoms with van der Waals surface area (Å²) < 4.78 is 5.11. The molecule has 0 unspecified atom stereocenters. The van der Waals surface area contributed by atoms with Gasteiger partial charge < -0.3 is 10.1 Å². The molecule has 2 aromatic rings. The lowest BCUT2D eigenvalue weighted by Gasteiger charge is -2.05. The van der Waals surface area contributed by atoms with Gasteiger partial charge in [0, 0.05) is 36.8 Å². The van der Waals surface area contributed by atoms with Crippen molar-refractivity contribution in [2.75, 3.05) is 14.2 Å². The van der Waals surface area contributed by atoms with Crippen molar-refractivity contribution < 1.29 is 4.74 Å². The monoisotopic (exact) mass is 229 g/mol. The number of nitrogens with one attached hydrogen (secondary N) is 1. The number of ether oxygens (including phenoxy) is 1. The minimum absolute atomic E-state index is 0.613. The van der Waals surface area contributed by atoms with Gasteiger partial charge in [-0.1, -0.05) is 0 Å². The maximum atomic E-state index is 5.11. The van der Waals surface area contributed by atoms with Crippen LogP contribution in [-0.4, -0.2) is 24.1 Å². The molecule has 0 spiro atoms. The lowest BCUT2D eigenvalue weighted by molar-refractivity contribution is 0.398. The Kier molecular flexibility index (Phi) is 3.67. The third-order valence-corrected chi connectivity index (χ3v) is 2.45. The van der Waals surface area contributed by atoms with Crippen LogP contribution in [0.3, 0.4) is 0 Å². The number of methoxy groups -OCH3 is 1. The lowest BCUT2D eigenvalue weighted by atomic mass is 10.1. The first-order valence-corrected chi connectivity index (χ1v) is 5.42. The van der Waals surface area contributed by atoms with E-state index in [0.717, 1.165) is 23.2 Å². The Hall–Kier alpha value is -1.94. The Bertz CT molecular complexity index is 500. The molecule has 0 aliphatic rings. The summed E-state index contributed by atoms with van der Waals surface area (Å²) in [5, 5.41) is 3.11. The first-order valence-electron chi connectivity index (χ1n) is 5.42. The number of hydrogen-bond donors (Lipinski definition) is 1. The van der Waals surface area contributed by atoms with Crippen molar-refractivity contribution >= 4 is 0 Å². The van der Waals surface area contributed by atoms with Gasteiger partial charge in [0.1, 0.15) is 0 Å². The molecule has 88 valence electrons. The summed E-state index contributed by atoms with van der Waals surface area (Å²) >= 11 is 0. The molecule has 17 heavy (non-hydrogen) atoms. The van der Waals surface area contributed by atoms with Crippen molar-refractivity contribution in [1.29, 1.82) is 0 Å². The van der Waals surface area contributed by atoms with Crippen LogP contribution in [-0.2, 0) is 6.54 Å². The van der Waals surface area contributed by atoms with E-state index < -0.39 is 0 Å². The summed E-state index contributed by atoms with van der Waals surface area (Å²) in [7, 11) is 3.53. The van der Waals surface area contributed by atoms with Crippen LogP contribution in [0.15, 0.2) is 36.8 Å². The molecular formula is C13H15N3O. The van der Waals surface area contributed by atoms with Crippen LogP contribution in [0.25, 0.3) is 11.1 Å². The molecule has 2 rings (SSSR count). The fraction of sp³-hybridized carbons (Fsp3) is 0.231. The largest absolute Gasteiger partial charge is 0.481 e. The molecule has 0 amide bonds. The van der Waals surface area contributed by atoms with E-state index in [1.54, 1.807) is 13.3 Å². The lowest BCUT2D eigenvalue weighted by Crippen LogP contribution is -2.05. The quantitative estimate of drug-likeness (QED) is 0.869. The van der Waals surface area contributed by atoms with Crippen LogP contribution < -0.4 is 10.1 Å². The van der Waals surface area contributed by atoms with Crippen molar-refractivity contribution in [2.45, 2.75) is 6.54 Å². The Morgan fingerprint density at radius 3 is 2.88 bits per heavy atom. The zero-order chi connectivity index (χ0) is 12.1. The molecule has 2 heterocycles. The van der Waals surface area contributed by atoms with Gasteiger partial charge in [-0.2, -0.15) is 0 Å². The third-order valence-electron chi connectivity index (χ3n) is 2.45. The van der Waals surface area contributed by atoms with E-state index in [1.165, 1.54) is 0 Å². The van der Waals surface area contributed by atoms with Gasteiger partial charge in [0.15, 0.2) is 0 Å². The maximum absolute atomic E-state index is 5.11. The molecule has 0 bridgehead atoms. The smallest absolute Gasteiger partial charge is 0.213 e. The predicted octanol–water partition coefficient (Wildman–Crippen LogP) is 1.87. The molecule has 0 saturated carbocycles. The van der Waals surface area contributed by atoms with Crippen molar-refractivity contribution in [3.63, 3.8) is 0 Å². The van der Waals surface area contributed by atoms with Crippen LogP contribution in [0.2, 0.25) is 0 Å². The average Bonchev–Trinajstić information content (AvgIpc) is 2.40. The maximum Gasteiger partial charge on any atom is 0.213 e. The minimum atomic E-state index is 0.613. The average molecular weight is 229 g/mol. The fourth-order valence-corrected chi connectivity index (χ4v) is 1.65. The Morgan fingerprint density at radius 1 is 1.24 bits per heavy atom. The molecule has 2 aromatic heterocycles. The normalized spacial score (nSPS) is 10.2. The van der Waals surface area contributed by atoms with Crippen LogP contribution in [0.1, 0.15) is 5.56 Å². The van der Waals surface area contributed by atoms with Crippen LogP contribution in [0, 0.1) is 0 Å². The molecule has 4 heteroatoms. The summed E-state index contributed by atoms with van der Waals surface area (Å²) in [5.41, 5.74) is 3.28. The zero-order valence-corrected chi connectivity index (χ0v) is 9.97. The van der Waals surface area contributed by atoms with Crippen LogP contribution in [0.4, 0.5) is 0 Å². The molecule has 0 saturated heterocycles. The van der Waals surface area contributed by atoms with Crippen molar-refractivity contribution in [2.24, 2.45) is 0 Å². The summed E-state index contributed by atoms with van der Waals surface area (Å²) in [6.07, 6.45) is 5.44. The molecule has 1 N–H and O–H groups in total. The summed E-state index contributed by atoms with van der Waals surface area (Å²) in [4.78, 5) is 8.32. The second kappa shape index (κ2) is 5.41. The number of rotatable bonds is 4. The van der Waals surface area contributed by atoms with Gasteiger partial charge in [0.05, 0.1) is 7.11 Å². The van der Waals surface area contributed by atoms with E-state index in [9.17, 15) is 0 Å². The molecule has 0 aliphatic heterocycles. The van der Waals surface area contributed by atoms with E-state index >= 15 is 0 Å². The molecule has 4 nitrogen and oxygen atoms in total. The summed E-state index contributed by atoms with van der Waals surface area (Å²) in [6, 6.07) is 5.96. The third kappa shape index (κ3) is 2.79. The molecule has 0 radical (unpaired) electrons. The number of pyridine rings is 2.